The van der Waals surface area contributed by atoms with Crippen LogP contribution in [-0.2, 0) is 26.2 Å². The molecule has 0 spiro atoms. The second kappa shape index (κ2) is 17.7. The van der Waals surface area contributed by atoms with Crippen molar-refractivity contribution >= 4 is 34.7 Å². The van der Waals surface area contributed by atoms with Gasteiger partial charge in [-0.15, -0.1) is 11.3 Å². The molecule has 0 radical (unpaired) electrons. The minimum atomic E-state index is -0.792. The predicted molar refractivity (Wildman–Crippen MR) is 216 cm³/mol. The Morgan fingerprint density at radius 2 is 1.65 bits per heavy atom. The smallest absolute Gasteiger partial charge is 0.312 e. The summed E-state index contributed by atoms with van der Waals surface area (Å²) in [5.41, 5.74) is 4.18. The van der Waals surface area contributed by atoms with E-state index in [2.05, 4.69) is 39.1 Å². The number of ether oxygens (including phenoxy) is 1. The normalized spacial score (nSPS) is 21.3. The first kappa shape index (κ1) is 39.8. The molecular formula is C44H59N5O4S. The fourth-order valence-electron chi connectivity index (χ4n) is 8.05. The first-order valence-corrected chi connectivity index (χ1v) is 20.8. The monoisotopic (exact) mass is 753 g/mol. The SMILES string of the molecule is CCC1CCC([C@H]2CC=C(c3cnc(-c4ccc(C[C@H](NC(=O)c5ccc(C(C)(C)C)s5)C(=O)N5CC(C(=O)OCCN(C)C)C5)cc4)nc3)CC2)CC1. The second-order valence-corrected chi connectivity index (χ2v) is 18.1. The van der Waals surface area contributed by atoms with Gasteiger partial charge >= 0.3 is 5.97 Å². The third-order valence-corrected chi connectivity index (χ3v) is 13.3. The molecule has 1 saturated carbocycles. The van der Waals surface area contributed by atoms with Crippen molar-refractivity contribution in [2.75, 3.05) is 40.3 Å². The van der Waals surface area contributed by atoms with E-state index in [0.717, 1.165) is 52.2 Å². The van der Waals surface area contributed by atoms with E-state index in [-0.39, 0.29) is 42.2 Å². The Morgan fingerprint density at radius 1 is 0.944 bits per heavy atom. The highest BCUT2D eigenvalue weighted by Crippen LogP contribution is 2.41. The molecular weight excluding hydrogens is 695 g/mol. The summed E-state index contributed by atoms with van der Waals surface area (Å²) in [7, 11) is 3.85. The molecule has 1 N–H and O–H groups in total. The van der Waals surface area contributed by atoms with E-state index in [0.29, 0.717) is 30.3 Å². The number of likely N-dealkylation sites (tertiary alicyclic amines) is 1. The number of carbonyl (C=O) groups excluding carboxylic acids is 3. The molecule has 2 atom stereocenters. The zero-order valence-electron chi connectivity index (χ0n) is 33.1. The first-order chi connectivity index (χ1) is 25.9. The summed E-state index contributed by atoms with van der Waals surface area (Å²) < 4.78 is 5.41. The van der Waals surface area contributed by atoms with Crippen LogP contribution in [-0.4, -0.2) is 83.9 Å². The molecule has 0 bridgehead atoms. The van der Waals surface area contributed by atoms with Crippen LogP contribution in [0.15, 0.2) is 54.9 Å². The van der Waals surface area contributed by atoms with Gasteiger partial charge in [0.2, 0.25) is 5.91 Å². The van der Waals surface area contributed by atoms with Crippen LogP contribution in [0, 0.1) is 23.7 Å². The average molecular weight is 754 g/mol. The summed E-state index contributed by atoms with van der Waals surface area (Å²) in [5, 5.41) is 3.02. The van der Waals surface area contributed by atoms with E-state index in [1.165, 1.54) is 55.4 Å². The molecule has 2 aromatic heterocycles. The lowest BCUT2D eigenvalue weighted by atomic mass is 9.71. The molecule has 9 nitrogen and oxygen atoms in total. The number of esters is 1. The third-order valence-electron chi connectivity index (χ3n) is 11.7. The van der Waals surface area contributed by atoms with Crippen molar-refractivity contribution in [2.45, 2.75) is 96.9 Å². The molecule has 0 unspecified atom stereocenters. The molecule has 2 amide bonds. The lowest BCUT2D eigenvalue weighted by Crippen LogP contribution is -2.59. The minimum Gasteiger partial charge on any atom is -0.464 e. The van der Waals surface area contributed by atoms with Crippen LogP contribution in [0.5, 0.6) is 0 Å². The highest BCUT2D eigenvalue weighted by Gasteiger charge is 2.40. The summed E-state index contributed by atoms with van der Waals surface area (Å²) in [5.74, 6) is 2.18. The lowest BCUT2D eigenvalue weighted by Gasteiger charge is -2.39. The van der Waals surface area contributed by atoms with Gasteiger partial charge < -0.3 is 19.9 Å². The van der Waals surface area contributed by atoms with Gasteiger partial charge in [-0.05, 0) is 92.6 Å². The first-order valence-electron chi connectivity index (χ1n) is 20.0. The van der Waals surface area contributed by atoms with Gasteiger partial charge in [0, 0.05) is 54.5 Å². The van der Waals surface area contributed by atoms with Crippen molar-refractivity contribution in [3.63, 3.8) is 0 Å². The standard InChI is InChI=1S/C44H59N5O4S/c1-7-29-8-12-31(13-9-29)32-16-18-33(19-17-32)35-25-45-40(46-26-35)34-14-10-30(11-15-34)24-37(47-41(50)38-20-21-39(54-38)44(2,3)4)42(51)49-27-36(28-49)43(52)53-23-22-48(5)6/h10-11,14-15,18,20-21,25-26,29,31-32,36-37H,7-9,12-13,16-17,19,22-24,27-28H2,1-6H3,(H,47,50)/t29?,31?,32-,37-/m0/s1. The molecule has 290 valence electrons. The maximum absolute atomic E-state index is 13.8. The van der Waals surface area contributed by atoms with Crippen LogP contribution < -0.4 is 5.32 Å². The van der Waals surface area contributed by atoms with Crippen LogP contribution in [0.2, 0.25) is 0 Å². The van der Waals surface area contributed by atoms with Crippen molar-refractivity contribution in [1.82, 2.24) is 25.1 Å². The van der Waals surface area contributed by atoms with Gasteiger partial charge in [-0.3, -0.25) is 14.4 Å². The van der Waals surface area contributed by atoms with Gasteiger partial charge in [0.15, 0.2) is 5.82 Å². The summed E-state index contributed by atoms with van der Waals surface area (Å²) in [6.07, 6.45) is 17.1. The highest BCUT2D eigenvalue weighted by atomic mass is 32.1. The number of allylic oxidation sites excluding steroid dienone is 2. The van der Waals surface area contributed by atoms with Crippen molar-refractivity contribution in [1.29, 1.82) is 0 Å². The van der Waals surface area contributed by atoms with Crippen molar-refractivity contribution in [3.8, 4) is 11.4 Å². The van der Waals surface area contributed by atoms with Crippen LogP contribution in [0.1, 0.15) is 105 Å². The van der Waals surface area contributed by atoms with Crippen LogP contribution >= 0.6 is 11.3 Å². The summed E-state index contributed by atoms with van der Waals surface area (Å²) in [6.45, 7) is 10.2. The Balaban J connectivity index is 1.08. The number of benzene rings is 1. The van der Waals surface area contributed by atoms with Gasteiger partial charge in [0.05, 0.1) is 10.8 Å². The molecule has 3 aliphatic rings. The zero-order valence-corrected chi connectivity index (χ0v) is 33.9. The molecule has 2 fully saturated rings. The quantitative estimate of drug-likeness (QED) is 0.178. The third kappa shape index (κ3) is 10.0. The number of likely N-dealkylation sites (N-methyl/N-ethyl adjacent to an activating group) is 1. The number of hydrogen-bond acceptors (Lipinski definition) is 8. The largest absolute Gasteiger partial charge is 0.464 e. The molecule has 1 aliphatic heterocycles. The van der Waals surface area contributed by atoms with E-state index < -0.39 is 6.04 Å². The Kier molecular flexibility index (Phi) is 13.1. The zero-order chi connectivity index (χ0) is 38.4. The Hall–Kier alpha value is -3.89. The topological polar surface area (TPSA) is 105 Å². The van der Waals surface area contributed by atoms with E-state index >= 15 is 0 Å². The Bertz CT molecular complexity index is 1760. The Morgan fingerprint density at radius 3 is 2.24 bits per heavy atom. The number of carbonyl (C=O) groups is 3. The van der Waals surface area contributed by atoms with E-state index in [1.807, 2.05) is 67.8 Å². The number of nitrogens with zero attached hydrogens (tertiary/aromatic N) is 4. The minimum absolute atomic E-state index is 0.0816. The lowest BCUT2D eigenvalue weighted by molar-refractivity contribution is -0.159. The molecule has 1 aromatic carbocycles. The van der Waals surface area contributed by atoms with Crippen molar-refractivity contribution < 1.29 is 19.1 Å². The van der Waals surface area contributed by atoms with Crippen molar-refractivity contribution in [2.24, 2.45) is 23.7 Å². The van der Waals surface area contributed by atoms with Crippen LogP contribution in [0.25, 0.3) is 17.0 Å². The summed E-state index contributed by atoms with van der Waals surface area (Å²) >= 11 is 1.45. The maximum Gasteiger partial charge on any atom is 0.312 e. The van der Waals surface area contributed by atoms with Gasteiger partial charge in [0.25, 0.3) is 5.91 Å². The van der Waals surface area contributed by atoms with Gasteiger partial charge in [-0.2, -0.15) is 0 Å². The number of amides is 2. The highest BCUT2D eigenvalue weighted by molar-refractivity contribution is 7.14. The van der Waals surface area contributed by atoms with Crippen LogP contribution in [0.4, 0.5) is 0 Å². The van der Waals surface area contributed by atoms with E-state index in [9.17, 15) is 14.4 Å². The molecule has 2 aliphatic carbocycles. The van der Waals surface area contributed by atoms with Gasteiger partial charge in [-0.1, -0.05) is 77.3 Å². The average Bonchev–Trinajstić information content (AvgIpc) is 3.66. The summed E-state index contributed by atoms with van der Waals surface area (Å²) in [4.78, 5) is 54.6. The number of hydrogen-bond donors (Lipinski definition) is 1. The molecule has 3 aromatic rings. The van der Waals surface area contributed by atoms with Crippen LogP contribution in [0.3, 0.4) is 0 Å². The second-order valence-electron chi connectivity index (χ2n) is 17.0. The predicted octanol–water partition coefficient (Wildman–Crippen LogP) is 7.81. The van der Waals surface area contributed by atoms with Gasteiger partial charge in [0.1, 0.15) is 12.6 Å². The van der Waals surface area contributed by atoms with E-state index in [1.54, 1.807) is 4.90 Å². The van der Waals surface area contributed by atoms with Gasteiger partial charge in [-0.25, -0.2) is 9.97 Å². The fraction of sp³-hybridized carbons (Fsp3) is 0.568. The molecule has 10 heteroatoms. The Labute approximate surface area is 326 Å². The fourth-order valence-corrected chi connectivity index (χ4v) is 9.02. The van der Waals surface area contributed by atoms with E-state index in [4.69, 9.17) is 14.7 Å². The molecule has 6 rings (SSSR count). The number of rotatable bonds is 13. The number of thiophene rings is 1. The summed E-state index contributed by atoms with van der Waals surface area (Å²) in [6, 6.07) is 10.9. The molecule has 54 heavy (non-hydrogen) atoms. The molecule has 3 heterocycles. The van der Waals surface area contributed by atoms with Crippen molar-refractivity contribution in [3.05, 3.63) is 75.7 Å². The molecule has 1 saturated heterocycles. The number of nitrogens with one attached hydrogen (secondary N) is 1. The maximum atomic E-state index is 13.8. The number of aromatic nitrogens is 2.